The van der Waals surface area contributed by atoms with Crippen LogP contribution in [0.2, 0.25) is 5.02 Å². The van der Waals surface area contributed by atoms with Gasteiger partial charge in [-0.3, -0.25) is 0 Å². The first-order chi connectivity index (χ1) is 11.2. The van der Waals surface area contributed by atoms with E-state index in [0.29, 0.717) is 5.02 Å². The van der Waals surface area contributed by atoms with Gasteiger partial charge >= 0.3 is 6.09 Å². The Balaban J connectivity index is 2.25. The minimum absolute atomic E-state index is 0.412. The third-order valence-corrected chi connectivity index (χ3v) is 4.19. The van der Waals surface area contributed by atoms with Crippen LogP contribution in [0.1, 0.15) is 20.8 Å². The Hall–Kier alpha value is -1.78. The van der Waals surface area contributed by atoms with Gasteiger partial charge in [-0.15, -0.1) is 0 Å². The fourth-order valence-corrected chi connectivity index (χ4v) is 3.08. The first-order valence-electron chi connectivity index (χ1n) is 7.55. The zero-order valence-electron chi connectivity index (χ0n) is 13.6. The number of aromatic nitrogens is 1. The topological polar surface area (TPSA) is 31.2 Å². The summed E-state index contributed by atoms with van der Waals surface area (Å²) in [6, 6.07) is 15.2. The molecule has 1 aromatic heterocycles. The normalized spacial score (nSPS) is 11.7. The van der Waals surface area contributed by atoms with E-state index in [1.54, 1.807) is 4.57 Å². The number of benzene rings is 2. The molecule has 0 bridgehead atoms. The molecular formula is C19H17BrClNO2. The van der Waals surface area contributed by atoms with Crippen molar-refractivity contribution in [2.45, 2.75) is 26.4 Å². The highest BCUT2D eigenvalue weighted by atomic mass is 79.9. The summed E-state index contributed by atoms with van der Waals surface area (Å²) in [5, 5.41) is 1.58. The van der Waals surface area contributed by atoms with Gasteiger partial charge in [0.25, 0.3) is 0 Å². The number of hydrogen-bond donors (Lipinski definition) is 0. The third-order valence-electron chi connectivity index (χ3n) is 3.46. The molecule has 0 unspecified atom stereocenters. The average Bonchev–Trinajstić information content (AvgIpc) is 2.84. The molecule has 124 valence electrons. The Kier molecular flexibility index (Phi) is 4.45. The van der Waals surface area contributed by atoms with Crippen LogP contribution in [0.15, 0.2) is 53.0 Å². The molecule has 0 aliphatic heterocycles. The van der Waals surface area contributed by atoms with Gasteiger partial charge in [-0.05, 0) is 51.1 Å². The maximum atomic E-state index is 12.8. The molecule has 24 heavy (non-hydrogen) atoms. The van der Waals surface area contributed by atoms with Crippen molar-refractivity contribution in [2.24, 2.45) is 0 Å². The van der Waals surface area contributed by atoms with E-state index in [2.05, 4.69) is 15.9 Å². The van der Waals surface area contributed by atoms with Gasteiger partial charge < -0.3 is 4.74 Å². The monoisotopic (exact) mass is 405 g/mol. The lowest BCUT2D eigenvalue weighted by Gasteiger charge is -2.21. The zero-order valence-corrected chi connectivity index (χ0v) is 16.0. The molecule has 0 amide bonds. The second-order valence-corrected chi connectivity index (χ2v) is 7.91. The van der Waals surface area contributed by atoms with Gasteiger partial charge in [0.05, 0.1) is 11.2 Å². The SMILES string of the molecule is CC(C)(C)OC(=O)n1c(-c2cccc(Cl)c2)cc2ccc(Br)cc21. The van der Waals surface area contributed by atoms with Crippen LogP contribution in [0.3, 0.4) is 0 Å². The fourth-order valence-electron chi connectivity index (χ4n) is 2.54. The minimum atomic E-state index is -0.578. The van der Waals surface area contributed by atoms with Gasteiger partial charge in [0, 0.05) is 20.4 Å². The van der Waals surface area contributed by atoms with Crippen molar-refractivity contribution in [3.63, 3.8) is 0 Å². The van der Waals surface area contributed by atoms with Crippen LogP contribution < -0.4 is 0 Å². The molecule has 0 saturated carbocycles. The fraction of sp³-hybridized carbons (Fsp3) is 0.211. The summed E-state index contributed by atoms with van der Waals surface area (Å²) in [7, 11) is 0. The molecule has 1 heterocycles. The lowest BCUT2D eigenvalue weighted by Crippen LogP contribution is -2.27. The van der Waals surface area contributed by atoms with Crippen molar-refractivity contribution in [1.82, 2.24) is 4.57 Å². The predicted octanol–water partition coefficient (Wildman–Crippen LogP) is 6.51. The number of nitrogens with zero attached hydrogens (tertiary/aromatic N) is 1. The molecule has 0 aliphatic rings. The number of carbonyl (C=O) groups is 1. The Bertz CT molecular complexity index is 925. The Labute approximate surface area is 154 Å². The molecule has 0 radical (unpaired) electrons. The Morgan fingerprint density at radius 2 is 1.88 bits per heavy atom. The van der Waals surface area contributed by atoms with E-state index in [-0.39, 0.29) is 0 Å². The van der Waals surface area contributed by atoms with Crippen LogP contribution in [0.4, 0.5) is 4.79 Å². The van der Waals surface area contributed by atoms with Gasteiger partial charge in [-0.25, -0.2) is 9.36 Å². The number of hydrogen-bond acceptors (Lipinski definition) is 2. The van der Waals surface area contributed by atoms with Crippen molar-refractivity contribution in [3.05, 3.63) is 58.0 Å². The Morgan fingerprint density at radius 1 is 1.12 bits per heavy atom. The van der Waals surface area contributed by atoms with Crippen LogP contribution >= 0.6 is 27.5 Å². The van der Waals surface area contributed by atoms with Crippen LogP contribution in [0.25, 0.3) is 22.2 Å². The van der Waals surface area contributed by atoms with Crippen LogP contribution in [0.5, 0.6) is 0 Å². The van der Waals surface area contributed by atoms with E-state index in [4.69, 9.17) is 16.3 Å². The quantitative estimate of drug-likeness (QED) is 0.461. The molecule has 0 spiro atoms. The molecule has 0 atom stereocenters. The first kappa shape index (κ1) is 17.1. The summed E-state index contributed by atoms with van der Waals surface area (Å²) in [6.45, 7) is 5.56. The van der Waals surface area contributed by atoms with E-state index in [0.717, 1.165) is 26.6 Å². The highest BCUT2D eigenvalue weighted by Gasteiger charge is 2.23. The summed E-state index contributed by atoms with van der Waals surface area (Å²) in [5.74, 6) is 0. The minimum Gasteiger partial charge on any atom is -0.443 e. The Morgan fingerprint density at radius 3 is 2.54 bits per heavy atom. The smallest absolute Gasteiger partial charge is 0.419 e. The number of fused-ring (bicyclic) bond motifs is 1. The second kappa shape index (κ2) is 6.26. The van der Waals surface area contributed by atoms with Crippen LogP contribution in [-0.4, -0.2) is 16.3 Å². The van der Waals surface area contributed by atoms with E-state index in [1.165, 1.54) is 0 Å². The highest BCUT2D eigenvalue weighted by molar-refractivity contribution is 9.10. The van der Waals surface area contributed by atoms with E-state index in [9.17, 15) is 4.79 Å². The highest BCUT2D eigenvalue weighted by Crippen LogP contribution is 2.32. The molecule has 0 aliphatic carbocycles. The zero-order chi connectivity index (χ0) is 17.5. The molecule has 3 rings (SSSR count). The van der Waals surface area contributed by atoms with Gasteiger partial charge in [0.1, 0.15) is 5.60 Å². The second-order valence-electron chi connectivity index (χ2n) is 6.56. The maximum absolute atomic E-state index is 12.8. The third kappa shape index (κ3) is 3.50. The van der Waals surface area contributed by atoms with Gasteiger partial charge in [0.15, 0.2) is 0 Å². The molecule has 0 N–H and O–H groups in total. The van der Waals surface area contributed by atoms with Crippen molar-refractivity contribution >= 4 is 44.5 Å². The van der Waals surface area contributed by atoms with Crippen molar-refractivity contribution in [3.8, 4) is 11.3 Å². The van der Waals surface area contributed by atoms with Crippen LogP contribution in [-0.2, 0) is 4.74 Å². The van der Waals surface area contributed by atoms with Crippen molar-refractivity contribution in [1.29, 1.82) is 0 Å². The largest absolute Gasteiger partial charge is 0.443 e. The predicted molar refractivity (Wildman–Crippen MR) is 102 cm³/mol. The average molecular weight is 407 g/mol. The number of rotatable bonds is 1. The molecule has 3 aromatic rings. The summed E-state index contributed by atoms with van der Waals surface area (Å²) >= 11 is 9.59. The number of ether oxygens (including phenoxy) is 1. The van der Waals surface area contributed by atoms with Crippen molar-refractivity contribution in [2.75, 3.05) is 0 Å². The summed E-state index contributed by atoms with van der Waals surface area (Å²) in [4.78, 5) is 12.8. The van der Waals surface area contributed by atoms with E-state index in [1.807, 2.05) is 69.3 Å². The van der Waals surface area contributed by atoms with Gasteiger partial charge in [-0.2, -0.15) is 0 Å². The summed E-state index contributed by atoms with van der Waals surface area (Å²) in [6.07, 6.45) is -0.412. The van der Waals surface area contributed by atoms with E-state index < -0.39 is 11.7 Å². The van der Waals surface area contributed by atoms with Gasteiger partial charge in [0.2, 0.25) is 0 Å². The summed E-state index contributed by atoms with van der Waals surface area (Å²) in [5.41, 5.74) is 1.82. The maximum Gasteiger partial charge on any atom is 0.419 e. The standard InChI is InChI=1S/C19H17BrClNO2/c1-19(2,3)24-18(23)22-16(12-5-4-6-15(21)9-12)10-13-7-8-14(20)11-17(13)22/h4-11H,1-3H3. The molecular weight excluding hydrogens is 390 g/mol. The van der Waals surface area contributed by atoms with E-state index >= 15 is 0 Å². The summed E-state index contributed by atoms with van der Waals surface area (Å²) < 4.78 is 8.09. The number of carbonyl (C=O) groups excluding carboxylic acids is 1. The van der Waals surface area contributed by atoms with Gasteiger partial charge in [-0.1, -0.05) is 45.7 Å². The molecule has 5 heteroatoms. The molecule has 0 fully saturated rings. The molecule has 2 aromatic carbocycles. The molecule has 3 nitrogen and oxygen atoms in total. The van der Waals surface area contributed by atoms with Crippen LogP contribution in [0, 0.1) is 0 Å². The lowest BCUT2D eigenvalue weighted by molar-refractivity contribution is 0.0547. The lowest BCUT2D eigenvalue weighted by atomic mass is 10.1. The number of halogens is 2. The molecule has 0 saturated heterocycles. The van der Waals surface area contributed by atoms with Crippen molar-refractivity contribution < 1.29 is 9.53 Å². The first-order valence-corrected chi connectivity index (χ1v) is 8.72.